The predicted octanol–water partition coefficient (Wildman–Crippen LogP) is 6.31. The highest BCUT2D eigenvalue weighted by Crippen LogP contribution is 2.39. The molecule has 6 nitrogen and oxygen atoms in total. The van der Waals surface area contributed by atoms with Crippen LogP contribution in [-0.4, -0.2) is 60.2 Å². The molecule has 40 heavy (non-hydrogen) atoms. The maximum absolute atomic E-state index is 13.5. The number of carbonyl (C=O) groups excluding carboxylic acids is 1. The molecule has 2 aliphatic heterocycles. The molecule has 216 valence electrons. The summed E-state index contributed by atoms with van der Waals surface area (Å²) in [7, 11) is 1.34. The van der Waals surface area contributed by atoms with Gasteiger partial charge < -0.3 is 14.4 Å². The Morgan fingerprint density at radius 2 is 1.68 bits per heavy atom. The van der Waals surface area contributed by atoms with E-state index in [1.54, 1.807) is 18.2 Å². The molecule has 1 fully saturated rings. The number of methoxy groups -OCH3 is 1. The summed E-state index contributed by atoms with van der Waals surface area (Å²) in [6, 6.07) is 6.45. The molecule has 2 aliphatic rings. The quantitative estimate of drug-likeness (QED) is 0.292. The van der Waals surface area contributed by atoms with Crippen LogP contribution in [0.25, 0.3) is 6.08 Å². The highest BCUT2D eigenvalue weighted by atomic mass is 32.2. The van der Waals surface area contributed by atoms with Gasteiger partial charge in [-0.05, 0) is 61.5 Å². The van der Waals surface area contributed by atoms with Crippen LogP contribution in [0.3, 0.4) is 0 Å². The van der Waals surface area contributed by atoms with Crippen molar-refractivity contribution in [1.82, 2.24) is 9.80 Å². The third-order valence-electron chi connectivity index (χ3n) is 6.54. The van der Waals surface area contributed by atoms with E-state index in [-0.39, 0.29) is 23.5 Å². The summed E-state index contributed by atoms with van der Waals surface area (Å²) >= 11 is 1.27. The first kappa shape index (κ1) is 29.8. The number of halogens is 6. The Labute approximate surface area is 231 Å². The number of aliphatic imine (C=N–C) groups is 1. The average Bonchev–Trinajstić information content (AvgIpc) is 3.26. The van der Waals surface area contributed by atoms with Gasteiger partial charge in [0.1, 0.15) is 6.61 Å². The molecule has 0 unspecified atom stereocenters. The zero-order valence-corrected chi connectivity index (χ0v) is 22.7. The molecule has 2 aromatic rings. The molecular formula is C27H27F6N3O3S. The van der Waals surface area contributed by atoms with Crippen molar-refractivity contribution in [3.8, 4) is 11.5 Å². The molecule has 0 atom stereocenters. The predicted molar refractivity (Wildman–Crippen MR) is 140 cm³/mol. The van der Waals surface area contributed by atoms with Crippen LogP contribution in [0.5, 0.6) is 11.5 Å². The van der Waals surface area contributed by atoms with Crippen molar-refractivity contribution in [2.24, 2.45) is 4.99 Å². The van der Waals surface area contributed by atoms with E-state index in [4.69, 9.17) is 9.47 Å². The van der Waals surface area contributed by atoms with Crippen molar-refractivity contribution in [1.29, 1.82) is 0 Å². The zero-order chi connectivity index (χ0) is 29.2. The molecule has 0 aliphatic carbocycles. The third kappa shape index (κ3) is 6.92. The molecule has 0 aromatic heterocycles. The lowest BCUT2D eigenvalue weighted by Gasteiger charge is -2.37. The van der Waals surface area contributed by atoms with Crippen LogP contribution in [-0.2, 0) is 23.8 Å². The van der Waals surface area contributed by atoms with E-state index >= 15 is 0 Å². The Morgan fingerprint density at radius 3 is 2.27 bits per heavy atom. The summed E-state index contributed by atoms with van der Waals surface area (Å²) in [4.78, 5) is 21.6. The van der Waals surface area contributed by atoms with Gasteiger partial charge in [0.2, 0.25) is 0 Å². The Balaban J connectivity index is 1.46. The SMILES string of the molecule is COc1cc(/C=C2/SC(N3CCN(C(C)C)CC3)=NC2=O)ccc1OCc1ccc(C(F)(F)F)cc1C(F)(F)F. The lowest BCUT2D eigenvalue weighted by Crippen LogP contribution is -2.49. The fourth-order valence-electron chi connectivity index (χ4n) is 4.31. The molecule has 0 N–H and O–H groups in total. The number of alkyl halides is 6. The number of benzene rings is 2. The van der Waals surface area contributed by atoms with E-state index in [0.717, 1.165) is 32.2 Å². The highest BCUT2D eigenvalue weighted by Gasteiger charge is 2.38. The molecule has 0 saturated carbocycles. The van der Waals surface area contributed by atoms with Gasteiger partial charge in [0.15, 0.2) is 16.7 Å². The number of rotatable bonds is 6. The number of piperazine rings is 1. The Hall–Kier alpha value is -3.19. The number of ether oxygens (including phenoxy) is 2. The fourth-order valence-corrected chi connectivity index (χ4v) is 5.27. The summed E-state index contributed by atoms with van der Waals surface area (Å²) < 4.78 is 90.1. The summed E-state index contributed by atoms with van der Waals surface area (Å²) in [6.45, 7) is 6.92. The van der Waals surface area contributed by atoms with Crippen LogP contribution < -0.4 is 9.47 Å². The second kappa shape index (κ2) is 11.7. The standard InChI is InChI=1S/C27H27F6N3O3S/c1-16(2)35-8-10-36(11-9-35)25-34-24(37)23(40-25)13-17-4-7-21(22(12-17)38-3)39-15-18-5-6-19(26(28,29)30)14-20(18)27(31,32)33/h4-7,12-14,16H,8-11,15H2,1-3H3/b23-13+. The van der Waals surface area contributed by atoms with Crippen LogP contribution in [0.15, 0.2) is 46.3 Å². The van der Waals surface area contributed by atoms with Crippen molar-refractivity contribution in [2.45, 2.75) is 38.8 Å². The first-order valence-electron chi connectivity index (χ1n) is 12.4. The van der Waals surface area contributed by atoms with E-state index in [1.165, 1.54) is 24.9 Å². The first-order chi connectivity index (χ1) is 18.8. The maximum Gasteiger partial charge on any atom is 0.416 e. The van der Waals surface area contributed by atoms with Crippen molar-refractivity contribution in [2.75, 3.05) is 33.3 Å². The van der Waals surface area contributed by atoms with Crippen molar-refractivity contribution in [3.05, 3.63) is 63.6 Å². The van der Waals surface area contributed by atoms with E-state index in [2.05, 4.69) is 28.6 Å². The van der Waals surface area contributed by atoms with Gasteiger partial charge in [-0.3, -0.25) is 9.69 Å². The smallest absolute Gasteiger partial charge is 0.416 e. The van der Waals surface area contributed by atoms with Crippen LogP contribution >= 0.6 is 11.8 Å². The van der Waals surface area contributed by atoms with Crippen molar-refractivity contribution < 1.29 is 40.6 Å². The summed E-state index contributed by atoms with van der Waals surface area (Å²) in [5.41, 5.74) is -2.71. The lowest BCUT2D eigenvalue weighted by atomic mass is 10.0. The number of hydrogen-bond donors (Lipinski definition) is 0. The highest BCUT2D eigenvalue weighted by molar-refractivity contribution is 8.18. The molecule has 13 heteroatoms. The van der Waals surface area contributed by atoms with Gasteiger partial charge in [0.25, 0.3) is 5.91 Å². The number of nitrogens with zero attached hydrogens (tertiary/aromatic N) is 3. The van der Waals surface area contributed by atoms with E-state index in [9.17, 15) is 31.1 Å². The number of amidine groups is 1. The molecule has 1 saturated heterocycles. The van der Waals surface area contributed by atoms with Gasteiger partial charge in [-0.15, -0.1) is 0 Å². The monoisotopic (exact) mass is 587 g/mol. The van der Waals surface area contributed by atoms with Gasteiger partial charge in [0.05, 0.1) is 23.1 Å². The second-order valence-corrected chi connectivity index (χ2v) is 10.5. The van der Waals surface area contributed by atoms with Gasteiger partial charge in [-0.1, -0.05) is 12.1 Å². The van der Waals surface area contributed by atoms with Gasteiger partial charge in [-0.2, -0.15) is 31.3 Å². The molecular weight excluding hydrogens is 560 g/mol. The molecule has 1 amide bonds. The number of hydrogen-bond acceptors (Lipinski definition) is 6. The zero-order valence-electron chi connectivity index (χ0n) is 21.9. The van der Waals surface area contributed by atoms with E-state index in [1.807, 2.05) is 0 Å². The third-order valence-corrected chi connectivity index (χ3v) is 7.58. The topological polar surface area (TPSA) is 54.4 Å². The van der Waals surface area contributed by atoms with Crippen LogP contribution in [0, 0.1) is 0 Å². The van der Waals surface area contributed by atoms with Gasteiger partial charge in [0, 0.05) is 37.8 Å². The Kier molecular flexibility index (Phi) is 8.74. The molecule has 2 heterocycles. The molecule has 0 radical (unpaired) electrons. The fraction of sp³-hybridized carbons (Fsp3) is 0.407. The normalized spacial score (nSPS) is 18.1. The van der Waals surface area contributed by atoms with Crippen LogP contribution in [0.4, 0.5) is 26.3 Å². The van der Waals surface area contributed by atoms with Crippen LogP contribution in [0.2, 0.25) is 0 Å². The van der Waals surface area contributed by atoms with Crippen LogP contribution in [0.1, 0.15) is 36.1 Å². The van der Waals surface area contributed by atoms with E-state index < -0.39 is 35.6 Å². The molecule has 4 rings (SSSR count). The summed E-state index contributed by atoms with van der Waals surface area (Å²) in [5, 5.41) is 0.642. The lowest BCUT2D eigenvalue weighted by molar-refractivity contribution is -0.143. The largest absolute Gasteiger partial charge is 0.493 e. The molecule has 0 bridgehead atoms. The summed E-state index contributed by atoms with van der Waals surface area (Å²) in [6.07, 6.45) is -8.28. The number of carbonyl (C=O) groups is 1. The minimum atomic E-state index is -5.01. The maximum atomic E-state index is 13.5. The van der Waals surface area contributed by atoms with Gasteiger partial charge >= 0.3 is 12.4 Å². The average molecular weight is 588 g/mol. The first-order valence-corrected chi connectivity index (χ1v) is 13.2. The molecule has 2 aromatic carbocycles. The number of thioether (sulfide) groups is 1. The molecule has 0 spiro atoms. The minimum absolute atomic E-state index is 0.0715. The minimum Gasteiger partial charge on any atom is -0.493 e. The van der Waals surface area contributed by atoms with Crippen molar-refractivity contribution in [3.63, 3.8) is 0 Å². The van der Waals surface area contributed by atoms with E-state index in [0.29, 0.717) is 27.7 Å². The van der Waals surface area contributed by atoms with Gasteiger partial charge in [-0.25, -0.2) is 0 Å². The number of amides is 1. The van der Waals surface area contributed by atoms with Crippen molar-refractivity contribution >= 4 is 28.9 Å². The Morgan fingerprint density at radius 1 is 0.975 bits per heavy atom. The Bertz CT molecular complexity index is 1320. The second-order valence-electron chi connectivity index (χ2n) is 9.49. The summed E-state index contributed by atoms with van der Waals surface area (Å²) in [5.74, 6) is -0.105.